The number of para-hydroxylation sites is 3. The molecule has 0 aliphatic carbocycles. The maximum atomic E-state index is 13.3. The van der Waals surface area contributed by atoms with Gasteiger partial charge in [-0.05, 0) is 37.4 Å². The molecular formula is C22H27N3O3. The first-order chi connectivity index (χ1) is 13.7. The molecule has 0 unspecified atom stereocenters. The van der Waals surface area contributed by atoms with Gasteiger partial charge in [-0.2, -0.15) is 0 Å². The quantitative estimate of drug-likeness (QED) is 0.533. The van der Waals surface area contributed by atoms with Gasteiger partial charge in [-0.3, -0.25) is 9.36 Å². The summed E-state index contributed by atoms with van der Waals surface area (Å²) in [4.78, 5) is 20.3. The van der Waals surface area contributed by atoms with Crippen LogP contribution in [0.4, 0.5) is 0 Å². The molecule has 6 nitrogen and oxygen atoms in total. The third kappa shape index (κ3) is 4.24. The lowest BCUT2D eigenvalue weighted by Gasteiger charge is -2.19. The van der Waals surface area contributed by atoms with Crippen LogP contribution in [0.5, 0.6) is 5.75 Å². The van der Waals surface area contributed by atoms with Crippen molar-refractivity contribution in [3.63, 3.8) is 0 Å². The number of hydrogen-bond acceptors (Lipinski definition) is 5. The van der Waals surface area contributed by atoms with E-state index in [1.807, 2.05) is 42.5 Å². The highest BCUT2D eigenvalue weighted by atomic mass is 16.5. The van der Waals surface area contributed by atoms with Gasteiger partial charge in [-0.15, -0.1) is 0 Å². The van der Waals surface area contributed by atoms with Crippen molar-refractivity contribution in [3.8, 4) is 11.4 Å². The van der Waals surface area contributed by atoms with Crippen LogP contribution < -0.4 is 10.3 Å². The van der Waals surface area contributed by atoms with E-state index in [-0.39, 0.29) is 12.2 Å². The molecule has 0 N–H and O–H groups in total. The lowest BCUT2D eigenvalue weighted by atomic mass is 10.2. The van der Waals surface area contributed by atoms with Crippen molar-refractivity contribution in [3.05, 3.63) is 64.7 Å². The summed E-state index contributed by atoms with van der Waals surface area (Å²) in [6.45, 7) is 7.91. The van der Waals surface area contributed by atoms with Crippen LogP contribution >= 0.6 is 0 Å². The van der Waals surface area contributed by atoms with Crippen LogP contribution in [-0.4, -0.2) is 47.8 Å². The molecule has 1 aromatic heterocycles. The van der Waals surface area contributed by atoms with Crippen LogP contribution in [0.15, 0.2) is 53.3 Å². The monoisotopic (exact) mass is 381 g/mol. The van der Waals surface area contributed by atoms with Gasteiger partial charge in [-0.1, -0.05) is 38.1 Å². The Hall–Kier alpha value is -2.70. The van der Waals surface area contributed by atoms with Crippen molar-refractivity contribution in [2.75, 3.05) is 33.4 Å². The van der Waals surface area contributed by atoms with Crippen LogP contribution in [0.1, 0.15) is 19.7 Å². The normalized spacial score (nSPS) is 11.3. The van der Waals surface area contributed by atoms with Crippen LogP contribution in [0.25, 0.3) is 16.6 Å². The number of nitrogens with zero attached hydrogens (tertiary/aromatic N) is 3. The van der Waals surface area contributed by atoms with E-state index < -0.39 is 0 Å². The molecule has 0 amide bonds. The summed E-state index contributed by atoms with van der Waals surface area (Å²) in [5, 5.41) is 0.570. The molecule has 0 saturated heterocycles. The molecule has 0 bridgehead atoms. The van der Waals surface area contributed by atoms with E-state index in [1.54, 1.807) is 17.7 Å². The Bertz CT molecular complexity index is 980. The molecule has 0 aliphatic heterocycles. The molecule has 28 heavy (non-hydrogen) atoms. The largest absolute Gasteiger partial charge is 0.495 e. The van der Waals surface area contributed by atoms with E-state index in [9.17, 15) is 4.79 Å². The maximum Gasteiger partial charge on any atom is 0.266 e. The van der Waals surface area contributed by atoms with E-state index in [0.29, 0.717) is 34.8 Å². The average molecular weight is 381 g/mol. The van der Waals surface area contributed by atoms with Gasteiger partial charge < -0.3 is 14.4 Å². The predicted octanol–water partition coefficient (Wildman–Crippen LogP) is 3.25. The topological polar surface area (TPSA) is 56.6 Å². The molecule has 148 valence electrons. The number of fused-ring (bicyclic) bond motifs is 1. The minimum absolute atomic E-state index is 0.127. The molecule has 2 aromatic carbocycles. The Morgan fingerprint density at radius 3 is 2.50 bits per heavy atom. The van der Waals surface area contributed by atoms with Crippen molar-refractivity contribution in [2.24, 2.45) is 0 Å². The van der Waals surface area contributed by atoms with Crippen molar-refractivity contribution in [1.29, 1.82) is 0 Å². The van der Waals surface area contributed by atoms with Crippen LogP contribution in [-0.2, 0) is 11.3 Å². The summed E-state index contributed by atoms with van der Waals surface area (Å²) in [7, 11) is 1.60. The number of ether oxygens (including phenoxy) is 2. The molecule has 0 saturated carbocycles. The van der Waals surface area contributed by atoms with E-state index in [0.717, 1.165) is 19.6 Å². The van der Waals surface area contributed by atoms with E-state index in [4.69, 9.17) is 14.5 Å². The third-order valence-electron chi connectivity index (χ3n) is 4.85. The van der Waals surface area contributed by atoms with Gasteiger partial charge in [0.15, 0.2) is 0 Å². The SMILES string of the molecule is CCN(CC)CCOCc1nc2ccccc2c(=O)n1-c1ccccc1OC. The number of aromatic nitrogens is 2. The fourth-order valence-corrected chi connectivity index (χ4v) is 3.24. The van der Waals surface area contributed by atoms with Crippen LogP contribution in [0.3, 0.4) is 0 Å². The molecule has 0 spiro atoms. The highest BCUT2D eigenvalue weighted by Gasteiger charge is 2.15. The first-order valence-electron chi connectivity index (χ1n) is 9.63. The van der Waals surface area contributed by atoms with Gasteiger partial charge in [0.2, 0.25) is 0 Å². The average Bonchev–Trinajstić information content (AvgIpc) is 2.74. The number of likely N-dealkylation sites (N-methyl/N-ethyl adjacent to an activating group) is 1. The zero-order valence-electron chi connectivity index (χ0n) is 16.7. The highest BCUT2D eigenvalue weighted by molar-refractivity contribution is 5.78. The fraction of sp³-hybridized carbons (Fsp3) is 0.364. The maximum absolute atomic E-state index is 13.3. The van der Waals surface area contributed by atoms with Crippen molar-refractivity contribution in [1.82, 2.24) is 14.5 Å². The van der Waals surface area contributed by atoms with Gasteiger partial charge in [0.25, 0.3) is 5.56 Å². The number of benzene rings is 2. The zero-order valence-corrected chi connectivity index (χ0v) is 16.7. The van der Waals surface area contributed by atoms with Gasteiger partial charge >= 0.3 is 0 Å². The van der Waals surface area contributed by atoms with Gasteiger partial charge in [0, 0.05) is 6.54 Å². The summed E-state index contributed by atoms with van der Waals surface area (Å²) in [5.74, 6) is 1.18. The Balaban J connectivity index is 1.99. The smallest absolute Gasteiger partial charge is 0.266 e. The number of methoxy groups -OCH3 is 1. The molecule has 0 radical (unpaired) electrons. The lowest BCUT2D eigenvalue weighted by Crippen LogP contribution is -2.28. The Morgan fingerprint density at radius 1 is 1.04 bits per heavy atom. The fourth-order valence-electron chi connectivity index (χ4n) is 3.24. The Morgan fingerprint density at radius 2 is 1.75 bits per heavy atom. The summed E-state index contributed by atoms with van der Waals surface area (Å²) in [5.41, 5.74) is 1.20. The van der Waals surface area contributed by atoms with E-state index in [2.05, 4.69) is 18.7 Å². The Labute approximate surface area is 165 Å². The molecule has 0 aliphatic rings. The summed E-state index contributed by atoms with van der Waals surface area (Å²) in [6, 6.07) is 14.8. The van der Waals surface area contributed by atoms with Crippen molar-refractivity contribution >= 4 is 10.9 Å². The van der Waals surface area contributed by atoms with Crippen molar-refractivity contribution < 1.29 is 9.47 Å². The van der Waals surface area contributed by atoms with E-state index in [1.165, 1.54) is 0 Å². The van der Waals surface area contributed by atoms with Gasteiger partial charge in [0.1, 0.15) is 18.2 Å². The molecule has 6 heteroatoms. The summed E-state index contributed by atoms with van der Waals surface area (Å²) < 4.78 is 13.0. The zero-order chi connectivity index (χ0) is 19.9. The van der Waals surface area contributed by atoms with E-state index >= 15 is 0 Å². The standard InChI is InChI=1S/C22H27N3O3/c1-4-24(5-2)14-15-28-16-21-23-18-11-7-6-10-17(18)22(26)25(21)19-12-8-9-13-20(19)27-3/h6-13H,4-5,14-16H2,1-3H3. The molecule has 0 atom stereocenters. The minimum atomic E-state index is -0.127. The first-order valence-corrected chi connectivity index (χ1v) is 9.63. The first kappa shape index (κ1) is 20.0. The minimum Gasteiger partial charge on any atom is -0.495 e. The van der Waals surface area contributed by atoms with Gasteiger partial charge in [-0.25, -0.2) is 4.98 Å². The molecule has 3 aromatic rings. The van der Waals surface area contributed by atoms with Crippen LogP contribution in [0.2, 0.25) is 0 Å². The summed E-state index contributed by atoms with van der Waals surface area (Å²) >= 11 is 0. The summed E-state index contributed by atoms with van der Waals surface area (Å²) in [6.07, 6.45) is 0. The Kier molecular flexibility index (Phi) is 6.79. The molecule has 3 rings (SSSR count). The lowest BCUT2D eigenvalue weighted by molar-refractivity contribution is 0.0901. The second-order valence-electron chi connectivity index (χ2n) is 6.44. The number of hydrogen-bond donors (Lipinski definition) is 0. The molecule has 1 heterocycles. The van der Waals surface area contributed by atoms with Crippen molar-refractivity contribution in [2.45, 2.75) is 20.5 Å². The molecule has 0 fully saturated rings. The second kappa shape index (κ2) is 9.48. The van der Waals surface area contributed by atoms with Crippen LogP contribution in [0, 0.1) is 0 Å². The number of rotatable bonds is 9. The van der Waals surface area contributed by atoms with Gasteiger partial charge in [0.05, 0.1) is 30.3 Å². The molecular weight excluding hydrogens is 354 g/mol. The second-order valence-corrected chi connectivity index (χ2v) is 6.44. The predicted molar refractivity (Wildman–Crippen MR) is 111 cm³/mol. The highest BCUT2D eigenvalue weighted by Crippen LogP contribution is 2.23. The third-order valence-corrected chi connectivity index (χ3v) is 4.85.